The van der Waals surface area contributed by atoms with E-state index in [0.717, 1.165) is 17.5 Å². The number of nitrogens with two attached hydrogens (primary N) is 1. The SMILES string of the molecule is Nc1cc([C@H](Cc2ccccc2)c2ccccc2)c2n[nH]nc2n1. The van der Waals surface area contributed by atoms with Crippen molar-refractivity contribution in [1.82, 2.24) is 20.4 Å². The van der Waals surface area contributed by atoms with Crippen molar-refractivity contribution in [3.8, 4) is 0 Å². The maximum atomic E-state index is 6.00. The first-order valence-corrected chi connectivity index (χ1v) is 7.87. The van der Waals surface area contributed by atoms with Gasteiger partial charge in [0.15, 0.2) is 0 Å². The normalized spacial score (nSPS) is 12.3. The van der Waals surface area contributed by atoms with Crippen LogP contribution in [0.2, 0.25) is 0 Å². The molecule has 0 saturated carbocycles. The number of pyridine rings is 1. The molecule has 5 heteroatoms. The summed E-state index contributed by atoms with van der Waals surface area (Å²) in [5.41, 5.74) is 10.9. The number of H-pyrrole nitrogens is 1. The molecule has 2 aromatic carbocycles. The van der Waals surface area contributed by atoms with Crippen LogP contribution in [0.4, 0.5) is 5.82 Å². The number of nitrogens with zero attached hydrogens (tertiary/aromatic N) is 3. The predicted octanol–water partition coefficient (Wildman–Crippen LogP) is 3.31. The Morgan fingerprint density at radius 2 is 1.62 bits per heavy atom. The highest BCUT2D eigenvalue weighted by Gasteiger charge is 2.20. The van der Waals surface area contributed by atoms with Gasteiger partial charge in [-0.15, -0.1) is 5.10 Å². The average Bonchev–Trinajstić information content (AvgIpc) is 3.09. The van der Waals surface area contributed by atoms with Crippen LogP contribution in [0, 0.1) is 0 Å². The first-order chi connectivity index (χ1) is 11.8. The van der Waals surface area contributed by atoms with Gasteiger partial charge in [0.05, 0.1) is 0 Å². The monoisotopic (exact) mass is 315 g/mol. The molecule has 0 aliphatic rings. The number of anilines is 1. The lowest BCUT2D eigenvalue weighted by atomic mass is 9.86. The van der Waals surface area contributed by atoms with Crippen LogP contribution in [0.5, 0.6) is 0 Å². The molecule has 118 valence electrons. The van der Waals surface area contributed by atoms with E-state index in [1.807, 2.05) is 18.2 Å². The maximum absolute atomic E-state index is 6.00. The van der Waals surface area contributed by atoms with Crippen LogP contribution in [-0.2, 0) is 6.42 Å². The summed E-state index contributed by atoms with van der Waals surface area (Å²) >= 11 is 0. The van der Waals surface area contributed by atoms with Crippen LogP contribution in [0.25, 0.3) is 11.2 Å². The summed E-state index contributed by atoms with van der Waals surface area (Å²) in [4.78, 5) is 4.25. The summed E-state index contributed by atoms with van der Waals surface area (Å²) in [6, 6.07) is 22.7. The third kappa shape index (κ3) is 2.72. The quantitative estimate of drug-likeness (QED) is 0.605. The van der Waals surface area contributed by atoms with E-state index < -0.39 is 0 Å². The molecule has 5 nitrogen and oxygen atoms in total. The third-order valence-corrected chi connectivity index (χ3v) is 4.20. The number of nitrogen functional groups attached to an aromatic ring is 1. The number of aromatic nitrogens is 4. The highest BCUT2D eigenvalue weighted by Crippen LogP contribution is 2.32. The van der Waals surface area contributed by atoms with Gasteiger partial charge in [0.2, 0.25) is 5.65 Å². The number of nitrogens with one attached hydrogen (secondary N) is 1. The second kappa shape index (κ2) is 6.12. The van der Waals surface area contributed by atoms with Gasteiger partial charge in [0.25, 0.3) is 0 Å². The molecule has 0 saturated heterocycles. The summed E-state index contributed by atoms with van der Waals surface area (Å²) in [5, 5.41) is 11.0. The van der Waals surface area contributed by atoms with Crippen molar-refractivity contribution < 1.29 is 0 Å². The second-order valence-electron chi connectivity index (χ2n) is 5.79. The number of benzene rings is 2. The molecule has 3 N–H and O–H groups in total. The van der Waals surface area contributed by atoms with Gasteiger partial charge >= 0.3 is 0 Å². The molecule has 0 aliphatic heterocycles. The third-order valence-electron chi connectivity index (χ3n) is 4.20. The number of rotatable bonds is 4. The van der Waals surface area contributed by atoms with E-state index in [1.165, 1.54) is 11.1 Å². The Labute approximate surface area is 139 Å². The van der Waals surface area contributed by atoms with Gasteiger partial charge in [0, 0.05) is 5.92 Å². The van der Waals surface area contributed by atoms with Gasteiger partial charge < -0.3 is 5.73 Å². The van der Waals surface area contributed by atoms with Gasteiger partial charge in [-0.25, -0.2) is 4.98 Å². The Bertz CT molecular complexity index is 947. The minimum atomic E-state index is 0.131. The van der Waals surface area contributed by atoms with Crippen molar-refractivity contribution in [1.29, 1.82) is 0 Å². The molecular formula is C19H17N5. The standard InChI is InChI=1S/C19H17N5/c20-17-12-16(18-19(21-17)23-24-22-18)15(14-9-5-2-6-10-14)11-13-7-3-1-4-8-13/h1-10,12,15H,11H2,(H3,20,21,22,23,24)/t15-/m1/s1. The Hall–Kier alpha value is -3.21. The highest BCUT2D eigenvalue weighted by atomic mass is 15.3. The molecule has 0 spiro atoms. The highest BCUT2D eigenvalue weighted by molar-refractivity contribution is 5.77. The van der Waals surface area contributed by atoms with E-state index in [4.69, 9.17) is 5.73 Å². The van der Waals surface area contributed by atoms with Crippen molar-refractivity contribution >= 4 is 17.0 Å². The molecule has 0 bridgehead atoms. The Kier molecular flexibility index (Phi) is 3.67. The molecule has 0 fully saturated rings. The summed E-state index contributed by atoms with van der Waals surface area (Å²) < 4.78 is 0. The second-order valence-corrected chi connectivity index (χ2v) is 5.79. The van der Waals surface area contributed by atoms with Crippen LogP contribution in [-0.4, -0.2) is 20.4 Å². The van der Waals surface area contributed by atoms with Crippen LogP contribution in [0.15, 0.2) is 66.7 Å². The molecule has 0 amide bonds. The minimum absolute atomic E-state index is 0.131. The summed E-state index contributed by atoms with van der Waals surface area (Å²) in [5.74, 6) is 0.590. The Balaban J connectivity index is 1.87. The largest absolute Gasteiger partial charge is 0.384 e. The first-order valence-electron chi connectivity index (χ1n) is 7.87. The van der Waals surface area contributed by atoms with E-state index in [0.29, 0.717) is 11.5 Å². The molecule has 2 aromatic heterocycles. The lowest BCUT2D eigenvalue weighted by molar-refractivity contribution is 0.808. The van der Waals surface area contributed by atoms with E-state index in [1.54, 1.807) is 0 Å². The van der Waals surface area contributed by atoms with Crippen LogP contribution >= 0.6 is 0 Å². The molecule has 24 heavy (non-hydrogen) atoms. The van der Waals surface area contributed by atoms with Crippen molar-refractivity contribution in [3.63, 3.8) is 0 Å². The predicted molar refractivity (Wildman–Crippen MR) is 94.5 cm³/mol. The minimum Gasteiger partial charge on any atom is -0.384 e. The lowest BCUT2D eigenvalue weighted by Gasteiger charge is -2.19. The van der Waals surface area contributed by atoms with Crippen molar-refractivity contribution in [2.24, 2.45) is 0 Å². The van der Waals surface area contributed by atoms with Crippen LogP contribution in [0.3, 0.4) is 0 Å². The fraction of sp³-hybridized carbons (Fsp3) is 0.105. The van der Waals surface area contributed by atoms with Crippen molar-refractivity contribution in [2.75, 3.05) is 5.73 Å². The summed E-state index contributed by atoms with van der Waals surface area (Å²) in [7, 11) is 0. The molecule has 1 atom stereocenters. The summed E-state index contributed by atoms with van der Waals surface area (Å²) in [6.07, 6.45) is 0.857. The number of fused-ring (bicyclic) bond motifs is 1. The zero-order valence-electron chi connectivity index (χ0n) is 13.1. The number of hydrogen-bond donors (Lipinski definition) is 2. The van der Waals surface area contributed by atoms with E-state index in [9.17, 15) is 0 Å². The Morgan fingerprint density at radius 3 is 2.38 bits per heavy atom. The van der Waals surface area contributed by atoms with Crippen molar-refractivity contribution in [3.05, 3.63) is 83.4 Å². The fourth-order valence-electron chi connectivity index (χ4n) is 3.09. The zero-order valence-corrected chi connectivity index (χ0v) is 13.1. The van der Waals surface area contributed by atoms with E-state index in [-0.39, 0.29) is 5.92 Å². The fourth-order valence-corrected chi connectivity index (χ4v) is 3.09. The molecular weight excluding hydrogens is 298 g/mol. The number of hydrogen-bond acceptors (Lipinski definition) is 4. The summed E-state index contributed by atoms with van der Waals surface area (Å²) in [6.45, 7) is 0. The zero-order chi connectivity index (χ0) is 16.4. The van der Waals surface area contributed by atoms with E-state index >= 15 is 0 Å². The lowest BCUT2D eigenvalue weighted by Crippen LogP contribution is -2.07. The van der Waals surface area contributed by atoms with Crippen LogP contribution < -0.4 is 5.73 Å². The van der Waals surface area contributed by atoms with Gasteiger partial charge in [-0.3, -0.25) is 0 Å². The van der Waals surface area contributed by atoms with Crippen molar-refractivity contribution in [2.45, 2.75) is 12.3 Å². The molecule has 2 heterocycles. The number of aromatic amines is 1. The first kappa shape index (κ1) is 14.4. The molecule has 0 aliphatic carbocycles. The van der Waals surface area contributed by atoms with Gasteiger partial charge in [-0.1, -0.05) is 60.7 Å². The van der Waals surface area contributed by atoms with Crippen LogP contribution in [0.1, 0.15) is 22.6 Å². The molecule has 4 aromatic rings. The van der Waals surface area contributed by atoms with E-state index in [2.05, 4.69) is 68.9 Å². The van der Waals surface area contributed by atoms with Gasteiger partial charge in [-0.05, 0) is 29.2 Å². The molecule has 0 radical (unpaired) electrons. The van der Waals surface area contributed by atoms with Gasteiger partial charge in [0.1, 0.15) is 11.3 Å². The Morgan fingerprint density at radius 1 is 0.917 bits per heavy atom. The molecule has 4 rings (SSSR count). The topological polar surface area (TPSA) is 80.5 Å². The smallest absolute Gasteiger partial charge is 0.203 e. The molecule has 0 unspecified atom stereocenters. The maximum Gasteiger partial charge on any atom is 0.203 e. The average molecular weight is 315 g/mol. The van der Waals surface area contributed by atoms with Gasteiger partial charge in [-0.2, -0.15) is 10.3 Å².